The zero-order valence-corrected chi connectivity index (χ0v) is 38.0. The first-order chi connectivity index (χ1) is 28.7. The van der Waals surface area contributed by atoms with Crippen LogP contribution in [0.2, 0.25) is 0 Å². The molecule has 1 aliphatic rings. The van der Waals surface area contributed by atoms with Gasteiger partial charge in [0.1, 0.15) is 36.6 Å². The van der Waals surface area contributed by atoms with Gasteiger partial charge >= 0.3 is 0 Å². The number of nitrogens with one attached hydrogen (secondary N) is 1. The summed E-state index contributed by atoms with van der Waals surface area (Å²) in [7, 11) is 0. The molecule has 9 atom stereocenters. The second kappa shape index (κ2) is 38.8. The number of amides is 1. The number of carbonyl (C=O) groups is 1. The summed E-state index contributed by atoms with van der Waals surface area (Å²) in [6.45, 7) is 3.45. The van der Waals surface area contributed by atoms with Crippen molar-refractivity contribution in [3.63, 3.8) is 0 Å². The van der Waals surface area contributed by atoms with E-state index in [4.69, 9.17) is 9.47 Å². The van der Waals surface area contributed by atoms with Crippen LogP contribution in [0.15, 0.2) is 0 Å². The van der Waals surface area contributed by atoms with Crippen LogP contribution in [0.4, 0.5) is 0 Å². The molecule has 0 aromatic rings. The van der Waals surface area contributed by atoms with Crippen LogP contribution in [0.3, 0.4) is 0 Å². The van der Waals surface area contributed by atoms with Crippen molar-refractivity contribution < 1.29 is 50.0 Å². The van der Waals surface area contributed by atoms with Gasteiger partial charge in [-0.3, -0.25) is 4.79 Å². The van der Waals surface area contributed by atoms with Crippen LogP contribution in [-0.2, 0) is 14.3 Å². The first-order valence-electron chi connectivity index (χ1n) is 24.9. The molecular weight excluding hydrogens is 751 g/mol. The summed E-state index contributed by atoms with van der Waals surface area (Å²) in [5.41, 5.74) is 0. The Labute approximate surface area is 360 Å². The summed E-state index contributed by atoms with van der Waals surface area (Å²) >= 11 is 0. The van der Waals surface area contributed by atoms with Gasteiger partial charge < -0.3 is 50.5 Å². The van der Waals surface area contributed by atoms with E-state index in [1.807, 2.05) is 0 Å². The summed E-state index contributed by atoms with van der Waals surface area (Å²) in [6.07, 6.45) is 28.7. The van der Waals surface area contributed by atoms with Gasteiger partial charge in [-0.2, -0.15) is 0 Å². The summed E-state index contributed by atoms with van der Waals surface area (Å²) in [6, 6.07) is -1.16. The molecule has 0 saturated carbocycles. The zero-order valence-electron chi connectivity index (χ0n) is 38.0. The average molecular weight is 846 g/mol. The van der Waals surface area contributed by atoms with Gasteiger partial charge in [0.25, 0.3) is 0 Å². The zero-order chi connectivity index (χ0) is 43.4. The lowest BCUT2D eigenvalue weighted by Gasteiger charge is -2.40. The van der Waals surface area contributed by atoms with Crippen LogP contribution >= 0.6 is 0 Å². The fraction of sp³-hybridized carbons (Fsp3) is 0.979. The predicted molar refractivity (Wildman–Crippen MR) is 238 cm³/mol. The molecule has 0 radical (unpaired) electrons. The molecule has 59 heavy (non-hydrogen) atoms. The van der Waals surface area contributed by atoms with Gasteiger partial charge in [0.2, 0.25) is 5.91 Å². The van der Waals surface area contributed by atoms with E-state index in [0.29, 0.717) is 19.3 Å². The summed E-state index contributed by atoms with van der Waals surface area (Å²) in [5, 5.41) is 75.7. The Hall–Kier alpha value is -0.890. The molecule has 0 spiro atoms. The predicted octanol–water partition coefficient (Wildman–Crippen LogP) is 8.67. The van der Waals surface area contributed by atoms with Gasteiger partial charge in [0.15, 0.2) is 6.29 Å². The standard InChI is InChI=1S/C48H95NO10/c1-3-5-7-9-11-13-15-17-18-19-20-21-22-23-24-26-28-30-32-34-36-41(52)47(57)49-39(38-58-48-46(56)45(55)44(54)42(37-50)59-48)43(53)40(51)35-33-31-29-27-25-16-14-12-10-8-6-4-2/h39-46,48,50-56H,3-38H2,1-2H3,(H,49,57)/t39-,40+,41+,42+,43-,44+,45-,46+,48+/m0/s1. The molecule has 1 saturated heterocycles. The van der Waals surface area contributed by atoms with Crippen molar-refractivity contribution in [2.24, 2.45) is 0 Å². The maximum Gasteiger partial charge on any atom is 0.249 e. The average Bonchev–Trinajstić information content (AvgIpc) is 3.23. The van der Waals surface area contributed by atoms with Crippen molar-refractivity contribution in [2.45, 2.75) is 287 Å². The number of aliphatic hydroxyl groups is 7. The van der Waals surface area contributed by atoms with Crippen LogP contribution in [-0.4, -0.2) is 110 Å². The van der Waals surface area contributed by atoms with Crippen LogP contribution < -0.4 is 5.32 Å². The van der Waals surface area contributed by atoms with Crippen molar-refractivity contribution in [3.05, 3.63) is 0 Å². The molecule has 0 bridgehead atoms. The fourth-order valence-electron chi connectivity index (χ4n) is 8.27. The van der Waals surface area contributed by atoms with Crippen LogP contribution in [0.5, 0.6) is 0 Å². The summed E-state index contributed by atoms with van der Waals surface area (Å²) in [5.74, 6) is -0.693. The van der Waals surface area contributed by atoms with Crippen LogP contribution in [0.1, 0.15) is 232 Å². The number of hydrogen-bond donors (Lipinski definition) is 8. The first-order valence-corrected chi connectivity index (χ1v) is 24.9. The molecule has 0 aromatic heterocycles. The normalized spacial score (nSPS) is 21.7. The first kappa shape index (κ1) is 56.1. The molecule has 1 amide bonds. The van der Waals surface area contributed by atoms with E-state index >= 15 is 0 Å². The van der Waals surface area contributed by atoms with Crippen molar-refractivity contribution in [2.75, 3.05) is 13.2 Å². The van der Waals surface area contributed by atoms with E-state index in [-0.39, 0.29) is 6.42 Å². The van der Waals surface area contributed by atoms with Gasteiger partial charge in [0.05, 0.1) is 25.4 Å². The SMILES string of the molecule is CCCCCCCCCCCCCCCCCCCCCC[C@@H](O)C(=O)N[C@@H](CO[C@@H]1O[C@H](CO)[C@@H](O)[C@H](O)[C@H]1O)[C@H](O)[C@H](O)CCCCCCCCCCCCCC. The second-order valence-electron chi connectivity index (χ2n) is 17.9. The van der Waals surface area contributed by atoms with Gasteiger partial charge in [-0.15, -0.1) is 0 Å². The third-order valence-electron chi connectivity index (χ3n) is 12.4. The lowest BCUT2D eigenvalue weighted by molar-refractivity contribution is -0.303. The van der Waals surface area contributed by atoms with E-state index in [0.717, 1.165) is 38.5 Å². The fourth-order valence-corrected chi connectivity index (χ4v) is 8.27. The molecule has 0 aliphatic carbocycles. The number of rotatable bonds is 42. The molecule has 352 valence electrons. The highest BCUT2D eigenvalue weighted by Gasteiger charge is 2.44. The van der Waals surface area contributed by atoms with E-state index < -0.39 is 74.2 Å². The minimum Gasteiger partial charge on any atom is -0.394 e. The minimum atomic E-state index is -1.66. The number of carbonyl (C=O) groups excluding carboxylic acids is 1. The Morgan fingerprint density at radius 3 is 1.25 bits per heavy atom. The number of unbranched alkanes of at least 4 members (excludes halogenated alkanes) is 30. The molecule has 0 unspecified atom stereocenters. The molecule has 8 N–H and O–H groups in total. The lowest BCUT2D eigenvalue weighted by atomic mass is 9.98. The van der Waals surface area contributed by atoms with E-state index in [2.05, 4.69) is 19.2 Å². The highest BCUT2D eigenvalue weighted by molar-refractivity contribution is 5.80. The maximum absolute atomic E-state index is 13.1. The second-order valence-corrected chi connectivity index (χ2v) is 17.9. The molecule has 1 heterocycles. The summed E-state index contributed by atoms with van der Waals surface area (Å²) in [4.78, 5) is 13.1. The molecule has 11 nitrogen and oxygen atoms in total. The van der Waals surface area contributed by atoms with E-state index in [1.165, 1.54) is 154 Å². The Kier molecular flexibility index (Phi) is 36.9. The molecule has 0 aromatic carbocycles. The lowest BCUT2D eigenvalue weighted by Crippen LogP contribution is -2.60. The Balaban J connectivity index is 2.37. The largest absolute Gasteiger partial charge is 0.394 e. The highest BCUT2D eigenvalue weighted by atomic mass is 16.7. The van der Waals surface area contributed by atoms with E-state index in [9.17, 15) is 40.5 Å². The third kappa shape index (κ3) is 28.4. The number of ether oxygens (including phenoxy) is 2. The highest BCUT2D eigenvalue weighted by Crippen LogP contribution is 2.23. The molecule has 1 fully saturated rings. The quantitative estimate of drug-likeness (QED) is 0.0276. The maximum atomic E-state index is 13.1. The van der Waals surface area contributed by atoms with Crippen molar-refractivity contribution >= 4 is 5.91 Å². The Bertz CT molecular complexity index is 928. The topological polar surface area (TPSA) is 189 Å². The van der Waals surface area contributed by atoms with Crippen molar-refractivity contribution in [3.8, 4) is 0 Å². The van der Waals surface area contributed by atoms with Crippen molar-refractivity contribution in [1.82, 2.24) is 5.32 Å². The Morgan fingerprint density at radius 2 is 0.881 bits per heavy atom. The van der Waals surface area contributed by atoms with E-state index in [1.54, 1.807) is 0 Å². The molecule has 11 heteroatoms. The Morgan fingerprint density at radius 1 is 0.525 bits per heavy atom. The summed E-state index contributed by atoms with van der Waals surface area (Å²) < 4.78 is 11.1. The molecule has 1 rings (SSSR count). The van der Waals surface area contributed by atoms with Gasteiger partial charge in [0, 0.05) is 0 Å². The van der Waals surface area contributed by atoms with Crippen LogP contribution in [0.25, 0.3) is 0 Å². The number of aliphatic hydroxyl groups excluding tert-OH is 7. The third-order valence-corrected chi connectivity index (χ3v) is 12.4. The van der Waals surface area contributed by atoms with Crippen molar-refractivity contribution in [1.29, 1.82) is 0 Å². The van der Waals surface area contributed by atoms with Gasteiger partial charge in [-0.25, -0.2) is 0 Å². The minimum absolute atomic E-state index is 0.266. The smallest absolute Gasteiger partial charge is 0.249 e. The van der Waals surface area contributed by atoms with Crippen LogP contribution in [0, 0.1) is 0 Å². The number of hydrogen-bond acceptors (Lipinski definition) is 10. The molecule has 1 aliphatic heterocycles. The van der Waals surface area contributed by atoms with Gasteiger partial charge in [-0.05, 0) is 12.8 Å². The van der Waals surface area contributed by atoms with Gasteiger partial charge in [-0.1, -0.05) is 219 Å². The monoisotopic (exact) mass is 846 g/mol. The molecular formula is C48H95NO10.